The Hall–Kier alpha value is -2.82. The van der Waals surface area contributed by atoms with Crippen LogP contribution in [0.3, 0.4) is 0 Å². The lowest BCUT2D eigenvalue weighted by atomic mass is 10.0. The molecular formula is C21H24N2O3. The molecule has 5 heteroatoms. The molecule has 0 bridgehead atoms. The van der Waals surface area contributed by atoms with Crippen molar-refractivity contribution >= 4 is 17.5 Å². The first-order chi connectivity index (χ1) is 12.4. The molecule has 0 aromatic heterocycles. The number of anilines is 1. The normalized spacial score (nSPS) is 14.4. The summed E-state index contributed by atoms with van der Waals surface area (Å²) in [5, 5.41) is 5.81. The third-order valence-electron chi connectivity index (χ3n) is 4.86. The molecule has 1 saturated carbocycles. The molecule has 26 heavy (non-hydrogen) atoms. The van der Waals surface area contributed by atoms with Gasteiger partial charge < -0.3 is 15.4 Å². The van der Waals surface area contributed by atoms with E-state index in [0.717, 1.165) is 28.1 Å². The summed E-state index contributed by atoms with van der Waals surface area (Å²) < 4.78 is 5.12. The first-order valence-electron chi connectivity index (χ1n) is 8.74. The summed E-state index contributed by atoms with van der Waals surface area (Å²) >= 11 is 0. The van der Waals surface area contributed by atoms with Crippen molar-refractivity contribution in [3.05, 3.63) is 59.2 Å². The highest BCUT2D eigenvalue weighted by atomic mass is 16.5. The quantitative estimate of drug-likeness (QED) is 0.784. The lowest BCUT2D eigenvalue weighted by Gasteiger charge is -2.17. The first-order valence-corrected chi connectivity index (χ1v) is 8.74. The van der Waals surface area contributed by atoms with Crippen LogP contribution < -0.4 is 15.4 Å². The van der Waals surface area contributed by atoms with E-state index < -0.39 is 5.41 Å². The second-order valence-electron chi connectivity index (χ2n) is 6.89. The highest BCUT2D eigenvalue weighted by Gasteiger charge is 2.56. The second-order valence-corrected chi connectivity index (χ2v) is 6.89. The number of methoxy groups -OCH3 is 1. The van der Waals surface area contributed by atoms with E-state index in [1.54, 1.807) is 7.11 Å². The highest BCUT2D eigenvalue weighted by Crippen LogP contribution is 2.47. The summed E-state index contributed by atoms with van der Waals surface area (Å²) in [6.45, 7) is 4.35. The Morgan fingerprint density at radius 3 is 2.31 bits per heavy atom. The van der Waals surface area contributed by atoms with Crippen LogP contribution in [0.5, 0.6) is 5.75 Å². The van der Waals surface area contributed by atoms with Crippen LogP contribution in [0.25, 0.3) is 0 Å². The maximum absolute atomic E-state index is 12.7. The van der Waals surface area contributed by atoms with Crippen LogP contribution in [0.15, 0.2) is 42.5 Å². The number of rotatable bonds is 6. The second kappa shape index (κ2) is 7.20. The molecule has 0 unspecified atom stereocenters. The molecule has 1 aliphatic rings. The van der Waals surface area contributed by atoms with E-state index in [-0.39, 0.29) is 11.8 Å². The van der Waals surface area contributed by atoms with Crippen molar-refractivity contribution in [3.63, 3.8) is 0 Å². The van der Waals surface area contributed by atoms with E-state index in [2.05, 4.69) is 10.6 Å². The Labute approximate surface area is 153 Å². The smallest absolute Gasteiger partial charge is 0.240 e. The van der Waals surface area contributed by atoms with Gasteiger partial charge in [0.2, 0.25) is 11.8 Å². The fraction of sp³-hybridized carbons (Fsp3) is 0.333. The molecule has 0 atom stereocenters. The summed E-state index contributed by atoms with van der Waals surface area (Å²) in [5.41, 5.74) is 2.91. The molecule has 2 aromatic carbocycles. The van der Waals surface area contributed by atoms with Gasteiger partial charge in [-0.3, -0.25) is 9.59 Å². The van der Waals surface area contributed by atoms with Crippen LogP contribution >= 0.6 is 0 Å². The molecule has 1 aliphatic carbocycles. The molecule has 136 valence electrons. The van der Waals surface area contributed by atoms with Gasteiger partial charge in [-0.2, -0.15) is 0 Å². The minimum atomic E-state index is -0.941. The number of carbonyl (C=O) groups excluding carboxylic acids is 2. The van der Waals surface area contributed by atoms with Gasteiger partial charge in [0.25, 0.3) is 0 Å². The number of hydrogen-bond donors (Lipinski definition) is 2. The van der Waals surface area contributed by atoms with Crippen LogP contribution in [0, 0.1) is 19.3 Å². The zero-order valence-electron chi connectivity index (χ0n) is 15.4. The zero-order chi connectivity index (χ0) is 18.7. The van der Waals surface area contributed by atoms with Gasteiger partial charge in [-0.15, -0.1) is 0 Å². The molecule has 2 aromatic rings. The van der Waals surface area contributed by atoms with Crippen LogP contribution in [0.1, 0.15) is 29.5 Å². The third-order valence-corrected chi connectivity index (χ3v) is 4.86. The van der Waals surface area contributed by atoms with Gasteiger partial charge in [0.05, 0.1) is 7.11 Å². The maximum atomic E-state index is 12.7. The van der Waals surface area contributed by atoms with Crippen molar-refractivity contribution in [2.24, 2.45) is 5.41 Å². The van der Waals surface area contributed by atoms with Crippen LogP contribution in [0.4, 0.5) is 5.69 Å². The molecule has 0 radical (unpaired) electrons. The van der Waals surface area contributed by atoms with Gasteiger partial charge in [0.15, 0.2) is 0 Å². The van der Waals surface area contributed by atoms with Crippen LogP contribution in [-0.2, 0) is 16.1 Å². The SMILES string of the molecule is COc1ccc(CNC(=O)C2(C(=O)Nc3ccc(C)cc3C)CC2)cc1. The fourth-order valence-corrected chi connectivity index (χ4v) is 2.97. The third kappa shape index (κ3) is 3.72. The molecule has 3 rings (SSSR count). The Bertz CT molecular complexity index is 824. The van der Waals surface area contributed by atoms with E-state index >= 15 is 0 Å². The zero-order valence-corrected chi connectivity index (χ0v) is 15.4. The molecule has 5 nitrogen and oxygen atoms in total. The van der Waals surface area contributed by atoms with Gasteiger partial charge in [-0.25, -0.2) is 0 Å². The minimum absolute atomic E-state index is 0.212. The highest BCUT2D eigenvalue weighted by molar-refractivity contribution is 6.13. The number of aryl methyl sites for hydroxylation is 2. The molecule has 0 aliphatic heterocycles. The number of carbonyl (C=O) groups is 2. The van der Waals surface area contributed by atoms with Gasteiger partial charge in [0, 0.05) is 12.2 Å². The number of benzene rings is 2. The van der Waals surface area contributed by atoms with E-state index in [0.29, 0.717) is 19.4 Å². The Morgan fingerprint density at radius 1 is 1.04 bits per heavy atom. The van der Waals surface area contributed by atoms with Crippen molar-refractivity contribution in [3.8, 4) is 5.75 Å². The van der Waals surface area contributed by atoms with Crippen molar-refractivity contribution in [1.29, 1.82) is 0 Å². The largest absolute Gasteiger partial charge is 0.497 e. The minimum Gasteiger partial charge on any atom is -0.497 e. The summed E-state index contributed by atoms with van der Waals surface area (Å²) in [6, 6.07) is 13.3. The summed E-state index contributed by atoms with van der Waals surface area (Å²) in [6.07, 6.45) is 1.16. The van der Waals surface area contributed by atoms with Crippen LogP contribution in [-0.4, -0.2) is 18.9 Å². The van der Waals surface area contributed by atoms with Crippen LogP contribution in [0.2, 0.25) is 0 Å². The lowest BCUT2D eigenvalue weighted by molar-refractivity contribution is -0.134. The van der Waals surface area contributed by atoms with Crippen molar-refractivity contribution in [1.82, 2.24) is 5.32 Å². The summed E-state index contributed by atoms with van der Waals surface area (Å²) in [5.74, 6) is 0.332. The number of hydrogen-bond acceptors (Lipinski definition) is 3. The van der Waals surface area contributed by atoms with Crippen molar-refractivity contribution in [2.75, 3.05) is 12.4 Å². The number of amides is 2. The Balaban J connectivity index is 1.61. The predicted molar refractivity (Wildman–Crippen MR) is 101 cm³/mol. The van der Waals surface area contributed by atoms with Crippen molar-refractivity contribution < 1.29 is 14.3 Å². The summed E-state index contributed by atoms with van der Waals surface area (Å²) in [7, 11) is 1.61. The van der Waals surface area contributed by atoms with Gasteiger partial charge in [-0.1, -0.05) is 29.8 Å². The monoisotopic (exact) mass is 352 g/mol. The number of nitrogens with one attached hydrogen (secondary N) is 2. The van der Waals surface area contributed by atoms with Gasteiger partial charge in [0.1, 0.15) is 11.2 Å². The average Bonchev–Trinajstić information content (AvgIpc) is 3.44. The lowest BCUT2D eigenvalue weighted by Crippen LogP contribution is -2.39. The average molecular weight is 352 g/mol. The Kier molecular flexibility index (Phi) is 4.98. The molecule has 2 amide bonds. The molecule has 0 spiro atoms. The van der Waals surface area contributed by atoms with E-state index in [1.165, 1.54) is 0 Å². The molecule has 0 saturated heterocycles. The van der Waals surface area contributed by atoms with E-state index in [1.807, 2.05) is 56.3 Å². The fourth-order valence-electron chi connectivity index (χ4n) is 2.97. The summed E-state index contributed by atoms with van der Waals surface area (Å²) in [4.78, 5) is 25.3. The van der Waals surface area contributed by atoms with Crippen molar-refractivity contribution in [2.45, 2.75) is 33.2 Å². The topological polar surface area (TPSA) is 67.4 Å². The predicted octanol–water partition coefficient (Wildman–Crippen LogP) is 3.35. The Morgan fingerprint density at radius 2 is 1.73 bits per heavy atom. The van der Waals surface area contributed by atoms with E-state index in [4.69, 9.17) is 4.74 Å². The first kappa shape index (κ1) is 18.0. The van der Waals surface area contributed by atoms with Gasteiger partial charge >= 0.3 is 0 Å². The molecule has 1 fully saturated rings. The van der Waals surface area contributed by atoms with E-state index in [9.17, 15) is 9.59 Å². The molecular weight excluding hydrogens is 328 g/mol. The van der Waals surface area contributed by atoms with Gasteiger partial charge in [-0.05, 0) is 56.0 Å². The standard InChI is InChI=1S/C21H24N2O3/c1-14-4-9-18(15(2)12-14)23-20(25)21(10-11-21)19(24)22-13-16-5-7-17(26-3)8-6-16/h4-9,12H,10-11,13H2,1-3H3,(H,22,24)(H,23,25). The maximum Gasteiger partial charge on any atom is 0.240 e. The molecule has 2 N–H and O–H groups in total. The molecule has 0 heterocycles. The number of ether oxygens (including phenoxy) is 1.